The van der Waals surface area contributed by atoms with E-state index in [9.17, 15) is 10.0 Å². The van der Waals surface area contributed by atoms with Gasteiger partial charge < -0.3 is 10.0 Å². The summed E-state index contributed by atoms with van der Waals surface area (Å²) in [6.45, 7) is 6.45. The Morgan fingerprint density at radius 2 is 1.56 bits per heavy atom. The van der Waals surface area contributed by atoms with Gasteiger partial charge in [-0.1, -0.05) is 67.9 Å². The Bertz CT molecular complexity index is 559. The van der Waals surface area contributed by atoms with Crippen LogP contribution >= 0.6 is 0 Å². The Kier molecular flexibility index (Phi) is 3.51. The minimum absolute atomic E-state index is 0.0854. The lowest BCUT2D eigenvalue weighted by Gasteiger charge is -2.19. The molecule has 91 valence electrons. The lowest BCUT2D eigenvalue weighted by atomic mass is 9.50. The second-order valence-electron chi connectivity index (χ2n) is 5.67. The monoisotopic (exact) mass is 239 g/mol. The zero-order valence-corrected chi connectivity index (χ0v) is 11.0. The fourth-order valence-electron chi connectivity index (χ4n) is 2.16. The summed E-state index contributed by atoms with van der Waals surface area (Å²) in [4.78, 5) is 0. The quantitative estimate of drug-likeness (QED) is 0.769. The molecule has 4 heteroatoms. The van der Waals surface area contributed by atoms with Crippen LogP contribution in [-0.4, -0.2) is 24.4 Å². The highest BCUT2D eigenvalue weighted by Gasteiger charge is 2.19. The van der Waals surface area contributed by atoms with E-state index in [4.69, 9.17) is 0 Å². The van der Waals surface area contributed by atoms with Crippen molar-refractivity contribution in [2.75, 3.05) is 0 Å². The fourth-order valence-corrected chi connectivity index (χ4v) is 2.16. The molecule has 0 aliphatic carbocycles. The molecule has 2 N–H and O–H groups in total. The molecule has 2 aromatic rings. The molecule has 0 saturated carbocycles. The number of hydrogen-bond acceptors (Lipinski definition) is 2. The van der Waals surface area contributed by atoms with Gasteiger partial charge in [0.25, 0.3) is 0 Å². The predicted octanol–water partition coefficient (Wildman–Crippen LogP) is 1.07. The summed E-state index contributed by atoms with van der Waals surface area (Å²) >= 11 is 0. The molecule has 2 nitrogen and oxygen atoms in total. The average molecular weight is 239 g/mol. The molecular formula is C14H17B2O2. The molecule has 0 aromatic heterocycles. The van der Waals surface area contributed by atoms with Crippen molar-refractivity contribution < 1.29 is 10.0 Å². The first-order chi connectivity index (χ1) is 8.38. The summed E-state index contributed by atoms with van der Waals surface area (Å²) < 4.78 is 0. The van der Waals surface area contributed by atoms with Crippen molar-refractivity contribution in [3.05, 3.63) is 36.4 Å². The Hall–Kier alpha value is -1.25. The molecular weight excluding hydrogens is 222 g/mol. The highest BCUT2D eigenvalue weighted by molar-refractivity contribution is 6.65. The predicted molar refractivity (Wildman–Crippen MR) is 78.9 cm³/mol. The lowest BCUT2D eigenvalue weighted by molar-refractivity contribution is 0.426. The van der Waals surface area contributed by atoms with E-state index in [0.717, 1.165) is 16.2 Å². The number of rotatable bonds is 2. The minimum Gasteiger partial charge on any atom is -0.423 e. The Morgan fingerprint density at radius 3 is 2.11 bits per heavy atom. The van der Waals surface area contributed by atoms with Crippen LogP contribution in [-0.2, 0) is 0 Å². The Morgan fingerprint density at radius 1 is 0.944 bits per heavy atom. The van der Waals surface area contributed by atoms with E-state index >= 15 is 0 Å². The summed E-state index contributed by atoms with van der Waals surface area (Å²) in [7, 11) is 0.765. The van der Waals surface area contributed by atoms with Gasteiger partial charge in [0, 0.05) is 0 Å². The van der Waals surface area contributed by atoms with Gasteiger partial charge in [-0.15, -0.1) is 0 Å². The highest BCUT2D eigenvalue weighted by atomic mass is 16.4. The van der Waals surface area contributed by atoms with Crippen molar-refractivity contribution in [2.45, 2.75) is 26.1 Å². The van der Waals surface area contributed by atoms with Gasteiger partial charge >= 0.3 is 7.12 Å². The third-order valence-corrected chi connectivity index (χ3v) is 2.86. The van der Waals surface area contributed by atoms with Gasteiger partial charge in [-0.05, 0) is 16.2 Å². The Balaban J connectivity index is 2.61. The normalized spacial score (nSPS) is 11.6. The van der Waals surface area contributed by atoms with E-state index < -0.39 is 7.12 Å². The maximum absolute atomic E-state index is 9.39. The molecule has 0 bridgehead atoms. The van der Waals surface area contributed by atoms with Crippen molar-refractivity contribution in [3.8, 4) is 0 Å². The van der Waals surface area contributed by atoms with E-state index in [1.165, 1.54) is 0 Å². The van der Waals surface area contributed by atoms with Crippen LogP contribution in [0.3, 0.4) is 0 Å². The van der Waals surface area contributed by atoms with E-state index in [0.29, 0.717) is 5.46 Å². The zero-order chi connectivity index (χ0) is 13.3. The van der Waals surface area contributed by atoms with Crippen molar-refractivity contribution in [3.63, 3.8) is 0 Å². The van der Waals surface area contributed by atoms with Gasteiger partial charge in [0.1, 0.15) is 0 Å². The largest absolute Gasteiger partial charge is 0.489 e. The molecule has 0 aliphatic heterocycles. The van der Waals surface area contributed by atoms with Crippen LogP contribution in [0.4, 0.5) is 0 Å². The van der Waals surface area contributed by atoms with Crippen LogP contribution in [0.25, 0.3) is 10.8 Å². The number of fused-ring (bicyclic) bond motifs is 1. The molecule has 18 heavy (non-hydrogen) atoms. The summed E-state index contributed by atoms with van der Waals surface area (Å²) in [5, 5.41) is 20.8. The molecule has 0 fully saturated rings. The van der Waals surface area contributed by atoms with Crippen molar-refractivity contribution >= 4 is 36.1 Å². The lowest BCUT2D eigenvalue weighted by Crippen LogP contribution is -2.33. The summed E-state index contributed by atoms with van der Waals surface area (Å²) in [5.74, 6) is 0. The SMILES string of the molecule is CC(C)(C)[B]c1ccc(B(O)O)c2ccccc12. The molecule has 0 atom stereocenters. The zero-order valence-electron chi connectivity index (χ0n) is 11.0. The molecule has 2 rings (SSSR count). The highest BCUT2D eigenvalue weighted by Crippen LogP contribution is 2.21. The molecule has 2 aromatic carbocycles. The van der Waals surface area contributed by atoms with E-state index in [2.05, 4.69) is 28.1 Å². The Labute approximate surface area is 109 Å². The van der Waals surface area contributed by atoms with E-state index in [1.54, 1.807) is 6.07 Å². The summed E-state index contributed by atoms with van der Waals surface area (Å²) in [6, 6.07) is 11.5. The minimum atomic E-state index is -1.43. The van der Waals surface area contributed by atoms with Gasteiger partial charge in [-0.25, -0.2) is 0 Å². The third kappa shape index (κ3) is 2.77. The van der Waals surface area contributed by atoms with Crippen LogP contribution in [0.1, 0.15) is 20.8 Å². The number of hydrogen-bond donors (Lipinski definition) is 2. The van der Waals surface area contributed by atoms with E-state index in [-0.39, 0.29) is 5.31 Å². The fraction of sp³-hybridized carbons (Fsp3) is 0.286. The van der Waals surface area contributed by atoms with Crippen LogP contribution in [0, 0.1) is 0 Å². The summed E-state index contributed by atoms with van der Waals surface area (Å²) in [6.07, 6.45) is 0. The molecule has 0 spiro atoms. The van der Waals surface area contributed by atoms with Gasteiger partial charge in [0.2, 0.25) is 0 Å². The second kappa shape index (κ2) is 4.79. The first-order valence-corrected chi connectivity index (χ1v) is 6.12. The van der Waals surface area contributed by atoms with Crippen molar-refractivity contribution in [1.82, 2.24) is 0 Å². The topological polar surface area (TPSA) is 40.5 Å². The molecule has 0 amide bonds. The number of benzene rings is 2. The maximum Gasteiger partial charge on any atom is 0.489 e. The van der Waals surface area contributed by atoms with E-state index in [1.807, 2.05) is 30.3 Å². The average Bonchev–Trinajstić information content (AvgIpc) is 2.27. The molecule has 1 radical (unpaired) electrons. The molecule has 0 saturated heterocycles. The maximum atomic E-state index is 9.39. The smallest absolute Gasteiger partial charge is 0.423 e. The molecule has 0 unspecified atom stereocenters. The first kappa shape index (κ1) is 13.2. The van der Waals surface area contributed by atoms with Crippen molar-refractivity contribution in [2.24, 2.45) is 0 Å². The van der Waals surface area contributed by atoms with Crippen LogP contribution in [0.2, 0.25) is 5.31 Å². The first-order valence-electron chi connectivity index (χ1n) is 6.12. The van der Waals surface area contributed by atoms with Crippen LogP contribution in [0.5, 0.6) is 0 Å². The molecule has 0 aliphatic rings. The van der Waals surface area contributed by atoms with Crippen molar-refractivity contribution in [1.29, 1.82) is 0 Å². The van der Waals surface area contributed by atoms with Gasteiger partial charge in [-0.2, -0.15) is 0 Å². The van der Waals surface area contributed by atoms with Gasteiger partial charge in [0.15, 0.2) is 7.28 Å². The van der Waals surface area contributed by atoms with Gasteiger partial charge in [-0.3, -0.25) is 0 Å². The van der Waals surface area contributed by atoms with Gasteiger partial charge in [0.05, 0.1) is 0 Å². The molecule has 0 heterocycles. The summed E-state index contributed by atoms with van der Waals surface area (Å²) in [5.41, 5.74) is 1.68. The second-order valence-corrected chi connectivity index (χ2v) is 5.67. The van der Waals surface area contributed by atoms with Crippen LogP contribution < -0.4 is 10.9 Å². The van der Waals surface area contributed by atoms with Crippen LogP contribution in [0.15, 0.2) is 36.4 Å². The standard InChI is InChI=1S/C14H17B2O2/c1-14(2,3)15-12-8-9-13(16(17)18)11-7-5-4-6-10(11)12/h4-9,17-18H,1-3H3. The third-order valence-electron chi connectivity index (χ3n) is 2.86.